The van der Waals surface area contributed by atoms with Gasteiger partial charge in [0.05, 0.1) is 0 Å². The Hall–Kier alpha value is -0.780. The first-order chi connectivity index (χ1) is 5.72. The zero-order valence-corrected chi connectivity index (χ0v) is 8.40. The van der Waals surface area contributed by atoms with E-state index in [4.69, 9.17) is 0 Å². The van der Waals surface area contributed by atoms with Gasteiger partial charge in [0.2, 0.25) is 0 Å². The molecule has 0 spiro atoms. The molecule has 0 bridgehead atoms. The second-order valence-electron chi connectivity index (χ2n) is 3.22. The van der Waals surface area contributed by atoms with Crippen molar-refractivity contribution in [2.45, 2.75) is 39.5 Å². The summed E-state index contributed by atoms with van der Waals surface area (Å²) in [5.41, 5.74) is 3.02. The third-order valence-electron chi connectivity index (χ3n) is 2.18. The first-order valence-corrected chi connectivity index (χ1v) is 4.59. The van der Waals surface area contributed by atoms with Crippen LogP contribution in [0.2, 0.25) is 0 Å². The van der Waals surface area contributed by atoms with Gasteiger partial charge in [-0.25, -0.2) is 0 Å². The molecule has 0 heteroatoms. The minimum absolute atomic E-state index is 1.09. The summed E-state index contributed by atoms with van der Waals surface area (Å²) < 4.78 is 0. The second-order valence-corrected chi connectivity index (χ2v) is 3.22. The molecule has 0 radical (unpaired) electrons. The van der Waals surface area contributed by atoms with Gasteiger partial charge in [-0.15, -0.1) is 13.2 Å². The molecule has 0 aromatic rings. The molecule has 0 aromatic carbocycles. The van der Waals surface area contributed by atoms with Gasteiger partial charge in [0, 0.05) is 0 Å². The highest BCUT2D eigenvalue weighted by Gasteiger charge is 1.94. The summed E-state index contributed by atoms with van der Waals surface area (Å²) in [6, 6.07) is 0. The molecule has 0 aliphatic carbocycles. The largest absolute Gasteiger partial charge is 0.103 e. The summed E-state index contributed by atoms with van der Waals surface area (Å²) in [4.78, 5) is 0. The summed E-state index contributed by atoms with van der Waals surface area (Å²) in [5.74, 6) is 0. The zero-order chi connectivity index (χ0) is 9.40. The van der Waals surface area contributed by atoms with E-state index in [0.29, 0.717) is 0 Å². The molecule has 0 unspecified atom stereocenters. The molecule has 0 aliphatic rings. The van der Waals surface area contributed by atoms with Gasteiger partial charge in [0.25, 0.3) is 0 Å². The smallest absolute Gasteiger partial charge is 0.0286 e. The van der Waals surface area contributed by atoms with Crippen LogP contribution >= 0.6 is 0 Å². The lowest BCUT2D eigenvalue weighted by Gasteiger charge is -2.04. The second kappa shape index (κ2) is 6.90. The lowest BCUT2D eigenvalue weighted by atomic mass is 10.0. The molecule has 0 saturated carbocycles. The minimum Gasteiger partial charge on any atom is -0.103 e. The molecule has 12 heavy (non-hydrogen) atoms. The third-order valence-corrected chi connectivity index (χ3v) is 2.18. The van der Waals surface area contributed by atoms with Crippen molar-refractivity contribution in [3.8, 4) is 0 Å². The number of rotatable bonds is 6. The van der Waals surface area contributed by atoms with Crippen LogP contribution in [0.4, 0.5) is 0 Å². The Labute approximate surface area is 76.7 Å². The molecular formula is C12H20. The molecule has 0 atom stereocenters. The van der Waals surface area contributed by atoms with Gasteiger partial charge in [-0.2, -0.15) is 0 Å². The van der Waals surface area contributed by atoms with E-state index in [1.54, 1.807) is 0 Å². The van der Waals surface area contributed by atoms with Crippen molar-refractivity contribution >= 4 is 0 Å². The summed E-state index contributed by atoms with van der Waals surface area (Å²) in [6.45, 7) is 11.9. The summed E-state index contributed by atoms with van der Waals surface area (Å²) in [5, 5.41) is 0. The standard InChI is InChI=1S/C12H20/c1-5-7-9-11(3)12(4)10-8-6-2/h5-6H,1-2,7-10H2,3-4H3. The van der Waals surface area contributed by atoms with Crippen LogP contribution < -0.4 is 0 Å². The Morgan fingerprint density at radius 1 is 0.917 bits per heavy atom. The van der Waals surface area contributed by atoms with Crippen LogP contribution in [-0.2, 0) is 0 Å². The highest BCUT2D eigenvalue weighted by atomic mass is 14.0. The normalized spacial score (nSPS) is 12.2. The lowest BCUT2D eigenvalue weighted by molar-refractivity contribution is 0.894. The molecule has 0 aliphatic heterocycles. The maximum atomic E-state index is 3.72. The monoisotopic (exact) mass is 164 g/mol. The Kier molecular flexibility index (Phi) is 6.45. The van der Waals surface area contributed by atoms with Crippen molar-refractivity contribution in [2.75, 3.05) is 0 Å². The van der Waals surface area contributed by atoms with Gasteiger partial charge >= 0.3 is 0 Å². The predicted octanol–water partition coefficient (Wildman–Crippen LogP) is 4.26. The molecule has 68 valence electrons. The van der Waals surface area contributed by atoms with Gasteiger partial charge in [0.15, 0.2) is 0 Å². The van der Waals surface area contributed by atoms with Crippen molar-refractivity contribution in [3.05, 3.63) is 36.5 Å². The lowest BCUT2D eigenvalue weighted by Crippen LogP contribution is -1.84. The molecular weight excluding hydrogens is 144 g/mol. The quantitative estimate of drug-likeness (QED) is 0.515. The molecule has 0 nitrogen and oxygen atoms in total. The Bertz CT molecular complexity index is 152. The van der Waals surface area contributed by atoms with Crippen molar-refractivity contribution in [3.63, 3.8) is 0 Å². The maximum Gasteiger partial charge on any atom is -0.0286 e. The Balaban J connectivity index is 3.87. The van der Waals surface area contributed by atoms with Crippen molar-refractivity contribution in [1.82, 2.24) is 0 Å². The Morgan fingerprint density at radius 3 is 1.50 bits per heavy atom. The van der Waals surface area contributed by atoms with Crippen LogP contribution in [0.3, 0.4) is 0 Å². The molecule has 0 heterocycles. The predicted molar refractivity (Wildman–Crippen MR) is 57.2 cm³/mol. The van der Waals surface area contributed by atoms with Crippen molar-refractivity contribution in [2.24, 2.45) is 0 Å². The van der Waals surface area contributed by atoms with E-state index in [-0.39, 0.29) is 0 Å². The van der Waals surface area contributed by atoms with Gasteiger partial charge in [-0.3, -0.25) is 0 Å². The van der Waals surface area contributed by atoms with Gasteiger partial charge in [-0.1, -0.05) is 23.3 Å². The topological polar surface area (TPSA) is 0 Å². The SMILES string of the molecule is C=CCCC(C)=C(C)CCC=C. The molecule has 0 N–H and O–H groups in total. The van der Waals surface area contributed by atoms with E-state index >= 15 is 0 Å². The van der Waals surface area contributed by atoms with E-state index in [1.807, 2.05) is 12.2 Å². The minimum atomic E-state index is 1.09. The van der Waals surface area contributed by atoms with Gasteiger partial charge < -0.3 is 0 Å². The average Bonchev–Trinajstić information content (AvgIpc) is 2.10. The first kappa shape index (κ1) is 11.2. The fraction of sp³-hybridized carbons (Fsp3) is 0.500. The van der Waals surface area contributed by atoms with E-state index in [9.17, 15) is 0 Å². The number of allylic oxidation sites excluding steroid dienone is 4. The highest BCUT2D eigenvalue weighted by molar-refractivity contribution is 5.10. The molecule has 0 aromatic heterocycles. The Morgan fingerprint density at radius 2 is 1.25 bits per heavy atom. The summed E-state index contributed by atoms with van der Waals surface area (Å²) >= 11 is 0. The van der Waals surface area contributed by atoms with Crippen LogP contribution in [0, 0.1) is 0 Å². The summed E-state index contributed by atoms with van der Waals surface area (Å²) in [7, 11) is 0. The number of hydrogen-bond donors (Lipinski definition) is 0. The molecule has 0 fully saturated rings. The van der Waals surface area contributed by atoms with Gasteiger partial charge in [-0.05, 0) is 39.5 Å². The zero-order valence-electron chi connectivity index (χ0n) is 8.40. The fourth-order valence-electron chi connectivity index (χ4n) is 1.06. The van der Waals surface area contributed by atoms with Gasteiger partial charge in [0.1, 0.15) is 0 Å². The van der Waals surface area contributed by atoms with Crippen molar-refractivity contribution in [1.29, 1.82) is 0 Å². The van der Waals surface area contributed by atoms with Crippen molar-refractivity contribution < 1.29 is 0 Å². The first-order valence-electron chi connectivity index (χ1n) is 4.59. The van der Waals surface area contributed by atoms with E-state index in [1.165, 1.54) is 11.1 Å². The fourth-order valence-corrected chi connectivity index (χ4v) is 1.06. The average molecular weight is 164 g/mol. The van der Waals surface area contributed by atoms with Crippen LogP contribution in [0.15, 0.2) is 36.5 Å². The third kappa shape index (κ3) is 4.95. The summed E-state index contributed by atoms with van der Waals surface area (Å²) in [6.07, 6.45) is 8.46. The van der Waals surface area contributed by atoms with E-state index < -0.39 is 0 Å². The van der Waals surface area contributed by atoms with Crippen LogP contribution in [0.1, 0.15) is 39.5 Å². The van der Waals surface area contributed by atoms with Crippen LogP contribution in [-0.4, -0.2) is 0 Å². The van der Waals surface area contributed by atoms with Crippen LogP contribution in [0.25, 0.3) is 0 Å². The molecule has 0 amide bonds. The molecule has 0 rings (SSSR count). The highest BCUT2D eigenvalue weighted by Crippen LogP contribution is 2.15. The van der Waals surface area contributed by atoms with E-state index in [2.05, 4.69) is 27.0 Å². The van der Waals surface area contributed by atoms with Crippen LogP contribution in [0.5, 0.6) is 0 Å². The number of hydrogen-bond acceptors (Lipinski definition) is 0. The maximum absolute atomic E-state index is 3.72. The molecule has 0 saturated heterocycles. The van der Waals surface area contributed by atoms with E-state index in [0.717, 1.165) is 25.7 Å².